The fourth-order valence-electron chi connectivity index (χ4n) is 1.54. The lowest BCUT2D eigenvalue weighted by molar-refractivity contribution is 0.498. The van der Waals surface area contributed by atoms with Gasteiger partial charge in [0.25, 0.3) is 7.37 Å². The molecule has 2 aromatic carbocycles. The van der Waals surface area contributed by atoms with Crippen LogP contribution >= 0.6 is 7.37 Å². The highest BCUT2D eigenvalue weighted by Crippen LogP contribution is 2.41. The molecule has 1 atom stereocenters. The SMILES string of the molecule is CP(=O)(Oc1ccc(C#N)cc1)c1ccccc1. The van der Waals surface area contributed by atoms with E-state index in [1.165, 1.54) is 0 Å². The van der Waals surface area contributed by atoms with Crippen molar-refractivity contribution in [3.63, 3.8) is 0 Å². The lowest BCUT2D eigenvalue weighted by Crippen LogP contribution is -2.07. The van der Waals surface area contributed by atoms with Crippen LogP contribution in [0.3, 0.4) is 0 Å². The molecule has 0 aromatic heterocycles. The molecule has 2 rings (SSSR count). The second kappa shape index (κ2) is 5.08. The van der Waals surface area contributed by atoms with Gasteiger partial charge in [0.15, 0.2) is 0 Å². The highest BCUT2D eigenvalue weighted by atomic mass is 31.2. The van der Waals surface area contributed by atoms with E-state index in [0.29, 0.717) is 16.6 Å². The molecule has 0 saturated heterocycles. The smallest absolute Gasteiger partial charge is 0.274 e. The summed E-state index contributed by atoms with van der Waals surface area (Å²) in [6.45, 7) is 1.58. The van der Waals surface area contributed by atoms with Gasteiger partial charge in [-0.3, -0.25) is 4.57 Å². The molecule has 3 nitrogen and oxygen atoms in total. The van der Waals surface area contributed by atoms with Crippen LogP contribution in [0.1, 0.15) is 5.56 Å². The van der Waals surface area contributed by atoms with Crippen LogP contribution in [0, 0.1) is 11.3 Å². The van der Waals surface area contributed by atoms with Crippen molar-refractivity contribution in [2.45, 2.75) is 0 Å². The molecule has 0 aliphatic carbocycles. The number of nitriles is 1. The fraction of sp³-hybridized carbons (Fsp3) is 0.0714. The molecule has 0 saturated carbocycles. The highest BCUT2D eigenvalue weighted by molar-refractivity contribution is 7.66. The minimum Gasteiger partial charge on any atom is -0.440 e. The monoisotopic (exact) mass is 257 g/mol. The van der Waals surface area contributed by atoms with Gasteiger partial charge < -0.3 is 4.52 Å². The predicted molar refractivity (Wildman–Crippen MR) is 71.4 cm³/mol. The van der Waals surface area contributed by atoms with E-state index in [1.807, 2.05) is 24.3 Å². The number of rotatable bonds is 3. The van der Waals surface area contributed by atoms with Gasteiger partial charge in [0.05, 0.1) is 11.6 Å². The average molecular weight is 257 g/mol. The standard InChI is InChI=1S/C14H12NO2P/c1-18(16,14-5-3-2-4-6-14)17-13-9-7-12(11-15)8-10-13/h2-10H,1H3. The number of benzene rings is 2. The quantitative estimate of drug-likeness (QED) is 0.793. The van der Waals surface area contributed by atoms with Gasteiger partial charge in [0.1, 0.15) is 5.75 Å². The van der Waals surface area contributed by atoms with Gasteiger partial charge in [-0.05, 0) is 36.4 Å². The van der Waals surface area contributed by atoms with E-state index in [2.05, 4.69) is 0 Å². The highest BCUT2D eigenvalue weighted by Gasteiger charge is 2.19. The van der Waals surface area contributed by atoms with Crippen LogP contribution in [0.5, 0.6) is 5.75 Å². The van der Waals surface area contributed by atoms with E-state index < -0.39 is 7.37 Å². The third kappa shape index (κ3) is 2.80. The van der Waals surface area contributed by atoms with E-state index in [0.717, 1.165) is 0 Å². The molecule has 0 N–H and O–H groups in total. The van der Waals surface area contributed by atoms with E-state index in [4.69, 9.17) is 9.79 Å². The van der Waals surface area contributed by atoms with Crippen molar-refractivity contribution >= 4 is 12.7 Å². The molecule has 0 aliphatic heterocycles. The van der Waals surface area contributed by atoms with Gasteiger partial charge in [-0.15, -0.1) is 0 Å². The third-order valence-corrected chi connectivity index (χ3v) is 4.28. The molecule has 0 fully saturated rings. The molecular weight excluding hydrogens is 245 g/mol. The number of nitrogens with zero attached hydrogens (tertiary/aromatic N) is 1. The summed E-state index contributed by atoms with van der Waals surface area (Å²) in [6, 6.07) is 17.7. The Morgan fingerprint density at radius 1 is 1.06 bits per heavy atom. The zero-order chi connectivity index (χ0) is 13.0. The molecule has 4 heteroatoms. The first-order chi connectivity index (χ1) is 8.62. The van der Waals surface area contributed by atoms with Crippen LogP contribution in [0.2, 0.25) is 0 Å². The van der Waals surface area contributed by atoms with Crippen molar-refractivity contribution in [3.05, 3.63) is 60.2 Å². The Kier molecular flexibility index (Phi) is 3.50. The van der Waals surface area contributed by atoms with Crippen LogP contribution in [-0.2, 0) is 4.57 Å². The van der Waals surface area contributed by atoms with Crippen molar-refractivity contribution in [2.75, 3.05) is 6.66 Å². The second-order valence-corrected chi connectivity index (χ2v) is 6.30. The van der Waals surface area contributed by atoms with Gasteiger partial charge in [0, 0.05) is 12.0 Å². The van der Waals surface area contributed by atoms with Crippen molar-refractivity contribution in [1.29, 1.82) is 5.26 Å². The summed E-state index contributed by atoms with van der Waals surface area (Å²) in [5.41, 5.74) is 0.549. The van der Waals surface area contributed by atoms with Crippen molar-refractivity contribution in [1.82, 2.24) is 0 Å². The maximum Gasteiger partial charge on any atom is 0.274 e. The zero-order valence-electron chi connectivity index (χ0n) is 9.91. The van der Waals surface area contributed by atoms with Crippen LogP contribution in [-0.4, -0.2) is 6.66 Å². The minimum atomic E-state index is -2.87. The summed E-state index contributed by atoms with van der Waals surface area (Å²) in [5, 5.41) is 9.37. The molecular formula is C14H12NO2P. The largest absolute Gasteiger partial charge is 0.440 e. The summed E-state index contributed by atoms with van der Waals surface area (Å²) in [6.07, 6.45) is 0. The molecule has 0 radical (unpaired) electrons. The number of hydrogen-bond donors (Lipinski definition) is 0. The maximum absolute atomic E-state index is 12.5. The Bertz CT molecular complexity index is 614. The van der Waals surface area contributed by atoms with E-state index in [9.17, 15) is 4.57 Å². The van der Waals surface area contributed by atoms with E-state index in [-0.39, 0.29) is 0 Å². The van der Waals surface area contributed by atoms with E-state index in [1.54, 1.807) is 43.1 Å². The second-order valence-electron chi connectivity index (χ2n) is 3.91. The fourth-order valence-corrected chi connectivity index (χ4v) is 2.89. The summed E-state index contributed by atoms with van der Waals surface area (Å²) >= 11 is 0. The summed E-state index contributed by atoms with van der Waals surface area (Å²) in [5.74, 6) is 0.503. The Balaban J connectivity index is 2.23. The predicted octanol–water partition coefficient (Wildman–Crippen LogP) is 3.17. The lowest BCUT2D eigenvalue weighted by Gasteiger charge is -2.15. The Labute approximate surface area is 106 Å². The molecule has 0 aliphatic rings. The summed E-state index contributed by atoms with van der Waals surface area (Å²) in [4.78, 5) is 0. The van der Waals surface area contributed by atoms with Gasteiger partial charge in [-0.2, -0.15) is 5.26 Å². The Hall–Kier alpha value is -2.04. The Morgan fingerprint density at radius 3 is 2.22 bits per heavy atom. The first-order valence-corrected chi connectivity index (χ1v) is 7.52. The van der Waals surface area contributed by atoms with Gasteiger partial charge in [0.2, 0.25) is 0 Å². The first-order valence-electron chi connectivity index (χ1n) is 5.45. The molecule has 0 amide bonds. The van der Waals surface area contributed by atoms with Crippen LogP contribution < -0.4 is 9.83 Å². The number of hydrogen-bond acceptors (Lipinski definition) is 3. The first kappa shape index (κ1) is 12.4. The molecule has 0 heterocycles. The maximum atomic E-state index is 12.5. The molecule has 18 heavy (non-hydrogen) atoms. The third-order valence-electron chi connectivity index (χ3n) is 2.49. The molecule has 0 bridgehead atoms. The van der Waals surface area contributed by atoms with Crippen LogP contribution in [0.25, 0.3) is 0 Å². The molecule has 0 spiro atoms. The van der Waals surface area contributed by atoms with Gasteiger partial charge in [-0.25, -0.2) is 0 Å². The van der Waals surface area contributed by atoms with Crippen LogP contribution in [0.15, 0.2) is 54.6 Å². The van der Waals surface area contributed by atoms with Crippen LogP contribution in [0.4, 0.5) is 0 Å². The summed E-state index contributed by atoms with van der Waals surface area (Å²) < 4.78 is 18.0. The summed E-state index contributed by atoms with van der Waals surface area (Å²) in [7, 11) is -2.87. The van der Waals surface area contributed by atoms with Gasteiger partial charge in [-0.1, -0.05) is 18.2 Å². The molecule has 2 aromatic rings. The molecule has 90 valence electrons. The zero-order valence-corrected chi connectivity index (χ0v) is 10.8. The normalized spacial score (nSPS) is 13.3. The van der Waals surface area contributed by atoms with Crippen molar-refractivity contribution in [3.8, 4) is 11.8 Å². The Morgan fingerprint density at radius 2 is 1.67 bits per heavy atom. The molecule has 1 unspecified atom stereocenters. The van der Waals surface area contributed by atoms with E-state index >= 15 is 0 Å². The average Bonchev–Trinajstić information content (AvgIpc) is 2.40. The lowest BCUT2D eigenvalue weighted by atomic mass is 10.2. The van der Waals surface area contributed by atoms with Gasteiger partial charge >= 0.3 is 0 Å². The van der Waals surface area contributed by atoms with Crippen molar-refractivity contribution < 1.29 is 9.09 Å². The topological polar surface area (TPSA) is 50.1 Å². The minimum absolute atomic E-state index is 0.503. The van der Waals surface area contributed by atoms with Crippen molar-refractivity contribution in [2.24, 2.45) is 0 Å².